The van der Waals surface area contributed by atoms with Crippen molar-refractivity contribution < 1.29 is 4.79 Å². The van der Waals surface area contributed by atoms with Crippen molar-refractivity contribution in [1.29, 1.82) is 0 Å². The molecule has 1 heterocycles. The molecule has 0 radical (unpaired) electrons. The zero-order valence-corrected chi connectivity index (χ0v) is 11.7. The van der Waals surface area contributed by atoms with Gasteiger partial charge in [0.25, 0.3) is 0 Å². The summed E-state index contributed by atoms with van der Waals surface area (Å²) in [4.78, 5) is 14.2. The van der Waals surface area contributed by atoms with Crippen LogP contribution < -0.4 is 5.73 Å². The highest BCUT2D eigenvalue weighted by molar-refractivity contribution is 7.99. The van der Waals surface area contributed by atoms with Gasteiger partial charge >= 0.3 is 0 Å². The van der Waals surface area contributed by atoms with Crippen molar-refractivity contribution in [2.75, 3.05) is 24.3 Å². The predicted molar refractivity (Wildman–Crippen MR) is 77.5 cm³/mol. The molecule has 1 saturated heterocycles. The number of amides is 1. The molecule has 3 nitrogen and oxygen atoms in total. The molecule has 4 heteroatoms. The van der Waals surface area contributed by atoms with Crippen LogP contribution in [0.1, 0.15) is 24.9 Å². The molecular weight excluding hydrogens is 244 g/mol. The minimum absolute atomic E-state index is 0.0756. The van der Waals surface area contributed by atoms with Crippen molar-refractivity contribution in [1.82, 2.24) is 4.90 Å². The maximum atomic E-state index is 12.3. The van der Waals surface area contributed by atoms with E-state index in [2.05, 4.69) is 6.92 Å². The first-order valence-electron chi connectivity index (χ1n) is 6.29. The molecular formula is C14H20N2OS. The second-order valence-corrected chi connectivity index (χ2v) is 6.01. The fraction of sp³-hybridized carbons (Fsp3) is 0.500. The number of hydrogen-bond acceptors (Lipinski definition) is 3. The number of carbonyl (C=O) groups excluding carboxylic acids is 1. The molecule has 98 valence electrons. The summed E-state index contributed by atoms with van der Waals surface area (Å²) < 4.78 is 0. The maximum Gasteiger partial charge on any atom is 0.226 e. The molecule has 0 saturated carbocycles. The van der Waals surface area contributed by atoms with Crippen LogP contribution in [0.5, 0.6) is 0 Å². The zero-order chi connectivity index (χ0) is 13.1. The molecule has 18 heavy (non-hydrogen) atoms. The van der Waals surface area contributed by atoms with Gasteiger partial charge in [-0.25, -0.2) is 0 Å². The molecule has 2 atom stereocenters. The molecule has 0 aromatic heterocycles. The molecule has 0 bridgehead atoms. The van der Waals surface area contributed by atoms with E-state index in [-0.39, 0.29) is 17.9 Å². The SMILES string of the molecule is CC(c1cccc(N)c1)N(C)C(=O)C1CCSC1. The molecule has 2 N–H and O–H groups in total. The minimum atomic E-state index is 0.0756. The minimum Gasteiger partial charge on any atom is -0.399 e. The van der Waals surface area contributed by atoms with Crippen LogP contribution in [0, 0.1) is 5.92 Å². The van der Waals surface area contributed by atoms with E-state index in [0.717, 1.165) is 29.2 Å². The van der Waals surface area contributed by atoms with Crippen molar-refractivity contribution in [3.63, 3.8) is 0 Å². The first-order valence-corrected chi connectivity index (χ1v) is 7.45. The van der Waals surface area contributed by atoms with Crippen LogP contribution in [-0.2, 0) is 4.79 Å². The number of carbonyl (C=O) groups is 1. The van der Waals surface area contributed by atoms with Gasteiger partial charge in [0, 0.05) is 24.4 Å². The van der Waals surface area contributed by atoms with Crippen LogP contribution in [0.3, 0.4) is 0 Å². The lowest BCUT2D eigenvalue weighted by atomic mass is 10.0. The van der Waals surface area contributed by atoms with Crippen LogP contribution in [0.2, 0.25) is 0 Å². The molecule has 1 fully saturated rings. The second kappa shape index (κ2) is 5.65. The highest BCUT2D eigenvalue weighted by atomic mass is 32.2. The van der Waals surface area contributed by atoms with Gasteiger partial charge in [0.15, 0.2) is 0 Å². The van der Waals surface area contributed by atoms with Crippen molar-refractivity contribution in [3.8, 4) is 0 Å². The average molecular weight is 264 g/mol. The Morgan fingerprint density at radius 1 is 1.56 bits per heavy atom. The van der Waals surface area contributed by atoms with E-state index in [9.17, 15) is 4.79 Å². The summed E-state index contributed by atoms with van der Waals surface area (Å²) in [6.07, 6.45) is 1.01. The summed E-state index contributed by atoms with van der Waals surface area (Å²) in [5, 5.41) is 0. The molecule has 2 unspecified atom stereocenters. The van der Waals surface area contributed by atoms with Gasteiger partial charge in [-0.2, -0.15) is 11.8 Å². The lowest BCUT2D eigenvalue weighted by molar-refractivity contribution is -0.135. The third-order valence-electron chi connectivity index (χ3n) is 3.60. The van der Waals surface area contributed by atoms with E-state index in [4.69, 9.17) is 5.73 Å². The quantitative estimate of drug-likeness (QED) is 0.853. The lowest BCUT2D eigenvalue weighted by Gasteiger charge is -2.28. The Bertz CT molecular complexity index is 430. The van der Waals surface area contributed by atoms with Crippen LogP contribution >= 0.6 is 11.8 Å². The number of hydrogen-bond donors (Lipinski definition) is 1. The number of rotatable bonds is 3. The highest BCUT2D eigenvalue weighted by Gasteiger charge is 2.28. The van der Waals surface area contributed by atoms with Gasteiger partial charge in [-0.05, 0) is 36.8 Å². The maximum absolute atomic E-state index is 12.3. The van der Waals surface area contributed by atoms with E-state index < -0.39 is 0 Å². The summed E-state index contributed by atoms with van der Waals surface area (Å²) in [6.45, 7) is 2.05. The smallest absolute Gasteiger partial charge is 0.226 e. The Morgan fingerprint density at radius 2 is 2.33 bits per heavy atom. The van der Waals surface area contributed by atoms with Crippen molar-refractivity contribution in [2.45, 2.75) is 19.4 Å². The normalized spacial score (nSPS) is 20.7. The van der Waals surface area contributed by atoms with Gasteiger partial charge in [-0.15, -0.1) is 0 Å². The third-order valence-corrected chi connectivity index (χ3v) is 4.76. The fourth-order valence-electron chi connectivity index (χ4n) is 2.25. The summed E-state index contributed by atoms with van der Waals surface area (Å²) in [5.41, 5.74) is 7.63. The summed E-state index contributed by atoms with van der Waals surface area (Å²) in [7, 11) is 1.89. The van der Waals surface area contributed by atoms with Gasteiger partial charge in [0.2, 0.25) is 5.91 Å². The number of thioether (sulfide) groups is 1. The molecule has 1 aliphatic rings. The molecule has 2 rings (SSSR count). The van der Waals surface area contributed by atoms with Gasteiger partial charge in [0.1, 0.15) is 0 Å². The number of benzene rings is 1. The topological polar surface area (TPSA) is 46.3 Å². The number of nitrogen functional groups attached to an aromatic ring is 1. The second-order valence-electron chi connectivity index (χ2n) is 4.86. The molecule has 1 amide bonds. The average Bonchev–Trinajstić information content (AvgIpc) is 2.90. The first-order chi connectivity index (χ1) is 8.59. The highest BCUT2D eigenvalue weighted by Crippen LogP contribution is 2.28. The number of anilines is 1. The number of nitrogens with zero attached hydrogens (tertiary/aromatic N) is 1. The van der Waals surface area contributed by atoms with Crippen LogP contribution in [0.4, 0.5) is 5.69 Å². The fourth-order valence-corrected chi connectivity index (χ4v) is 3.46. The largest absolute Gasteiger partial charge is 0.399 e. The lowest BCUT2D eigenvalue weighted by Crippen LogP contribution is -2.35. The monoisotopic (exact) mass is 264 g/mol. The number of nitrogens with two attached hydrogens (primary N) is 1. The van der Waals surface area contributed by atoms with Crippen molar-refractivity contribution >= 4 is 23.4 Å². The zero-order valence-electron chi connectivity index (χ0n) is 10.9. The predicted octanol–water partition coefficient (Wildman–Crippen LogP) is 2.54. The molecule has 0 aliphatic carbocycles. The van der Waals surface area contributed by atoms with E-state index in [1.54, 1.807) is 0 Å². The van der Waals surface area contributed by atoms with E-state index in [1.807, 2.05) is 48.0 Å². The van der Waals surface area contributed by atoms with E-state index in [1.165, 1.54) is 0 Å². The molecule has 1 aromatic rings. The Kier molecular flexibility index (Phi) is 4.17. The first kappa shape index (κ1) is 13.3. The Balaban J connectivity index is 2.08. The third kappa shape index (κ3) is 2.80. The summed E-state index contributed by atoms with van der Waals surface area (Å²) in [5.74, 6) is 2.53. The summed E-state index contributed by atoms with van der Waals surface area (Å²) >= 11 is 1.87. The van der Waals surface area contributed by atoms with Gasteiger partial charge in [0.05, 0.1) is 6.04 Å². The molecule has 1 aliphatic heterocycles. The standard InChI is InChI=1S/C14H20N2OS/c1-10(11-4-3-5-13(15)8-11)16(2)14(17)12-6-7-18-9-12/h3-5,8,10,12H,6-7,9,15H2,1-2H3. The van der Waals surface area contributed by atoms with Crippen LogP contribution in [-0.4, -0.2) is 29.4 Å². The van der Waals surface area contributed by atoms with Crippen LogP contribution in [0.25, 0.3) is 0 Å². The van der Waals surface area contributed by atoms with Gasteiger partial charge in [-0.1, -0.05) is 12.1 Å². The molecule has 0 spiro atoms. The van der Waals surface area contributed by atoms with Crippen molar-refractivity contribution in [3.05, 3.63) is 29.8 Å². The van der Waals surface area contributed by atoms with Gasteiger partial charge < -0.3 is 10.6 Å². The van der Waals surface area contributed by atoms with Crippen LogP contribution in [0.15, 0.2) is 24.3 Å². The van der Waals surface area contributed by atoms with Gasteiger partial charge in [-0.3, -0.25) is 4.79 Å². The Labute approximate surface area is 113 Å². The summed E-state index contributed by atoms with van der Waals surface area (Å²) in [6, 6.07) is 7.84. The van der Waals surface area contributed by atoms with Crippen molar-refractivity contribution in [2.24, 2.45) is 5.92 Å². The van der Waals surface area contributed by atoms with E-state index >= 15 is 0 Å². The molecule has 1 aromatic carbocycles. The Morgan fingerprint density at radius 3 is 2.94 bits per heavy atom. The Hall–Kier alpha value is -1.16. The van der Waals surface area contributed by atoms with E-state index in [0.29, 0.717) is 0 Å².